The number of aromatic nitrogens is 3. The summed E-state index contributed by atoms with van der Waals surface area (Å²) in [6, 6.07) is 13.7. The average molecular weight is 301 g/mol. The number of hydrogen-bond donors (Lipinski definition) is 0. The number of rotatable bonds is 4. The SMILES string of the molecule is Cc1cc(COc2ccc(F)nc2F)n(-c2ccccc2)n1. The number of nitrogens with zero attached hydrogens (tertiary/aromatic N) is 3. The summed E-state index contributed by atoms with van der Waals surface area (Å²) in [4.78, 5) is 3.09. The van der Waals surface area contributed by atoms with E-state index in [0.717, 1.165) is 23.1 Å². The van der Waals surface area contributed by atoms with E-state index in [1.807, 2.05) is 43.3 Å². The van der Waals surface area contributed by atoms with Crippen molar-refractivity contribution in [2.75, 3.05) is 0 Å². The van der Waals surface area contributed by atoms with Crippen LogP contribution in [-0.4, -0.2) is 14.8 Å². The normalized spacial score (nSPS) is 10.7. The van der Waals surface area contributed by atoms with Crippen LogP contribution in [0, 0.1) is 18.8 Å². The van der Waals surface area contributed by atoms with Gasteiger partial charge in [-0.25, -0.2) is 4.68 Å². The first kappa shape index (κ1) is 14.2. The third-order valence-electron chi connectivity index (χ3n) is 3.06. The van der Waals surface area contributed by atoms with Gasteiger partial charge in [-0.3, -0.25) is 0 Å². The maximum Gasteiger partial charge on any atom is 0.257 e. The zero-order valence-corrected chi connectivity index (χ0v) is 11.8. The average Bonchev–Trinajstić information content (AvgIpc) is 2.88. The van der Waals surface area contributed by atoms with E-state index in [1.54, 1.807) is 4.68 Å². The molecule has 0 aliphatic heterocycles. The maximum absolute atomic E-state index is 13.5. The second-order valence-electron chi connectivity index (χ2n) is 4.74. The lowest BCUT2D eigenvalue weighted by molar-refractivity contribution is 0.276. The van der Waals surface area contributed by atoms with Crippen molar-refractivity contribution in [3.8, 4) is 11.4 Å². The van der Waals surface area contributed by atoms with Crippen molar-refractivity contribution in [2.45, 2.75) is 13.5 Å². The molecule has 2 heterocycles. The summed E-state index contributed by atoms with van der Waals surface area (Å²) in [6.07, 6.45) is 0. The second kappa shape index (κ2) is 5.93. The summed E-state index contributed by atoms with van der Waals surface area (Å²) in [5.74, 6) is -1.95. The minimum absolute atomic E-state index is 0.0972. The molecule has 0 atom stereocenters. The van der Waals surface area contributed by atoms with Gasteiger partial charge < -0.3 is 4.74 Å². The van der Waals surface area contributed by atoms with Crippen LogP contribution in [0.2, 0.25) is 0 Å². The molecule has 0 unspecified atom stereocenters. The van der Waals surface area contributed by atoms with E-state index in [4.69, 9.17) is 4.74 Å². The Bertz CT molecular complexity index is 787. The van der Waals surface area contributed by atoms with Gasteiger partial charge in [0.25, 0.3) is 5.95 Å². The predicted octanol–water partition coefficient (Wildman–Crippen LogP) is 3.43. The molecular weight excluding hydrogens is 288 g/mol. The smallest absolute Gasteiger partial charge is 0.257 e. The Balaban J connectivity index is 1.84. The Morgan fingerprint density at radius 3 is 2.59 bits per heavy atom. The van der Waals surface area contributed by atoms with Crippen LogP contribution in [0.25, 0.3) is 5.69 Å². The molecule has 3 aromatic rings. The van der Waals surface area contributed by atoms with E-state index in [1.165, 1.54) is 6.07 Å². The number of halogens is 2. The molecule has 6 heteroatoms. The minimum Gasteiger partial charge on any atom is -0.482 e. The van der Waals surface area contributed by atoms with Crippen LogP contribution in [0.5, 0.6) is 5.75 Å². The number of para-hydroxylation sites is 1. The molecule has 112 valence electrons. The summed E-state index contributed by atoms with van der Waals surface area (Å²) >= 11 is 0. The molecule has 0 N–H and O–H groups in total. The Morgan fingerprint density at radius 2 is 1.86 bits per heavy atom. The molecule has 1 aromatic carbocycles. The maximum atomic E-state index is 13.5. The van der Waals surface area contributed by atoms with Crippen molar-refractivity contribution in [2.24, 2.45) is 0 Å². The largest absolute Gasteiger partial charge is 0.482 e. The van der Waals surface area contributed by atoms with Crippen LogP contribution in [0.15, 0.2) is 48.5 Å². The lowest BCUT2D eigenvalue weighted by atomic mass is 10.3. The van der Waals surface area contributed by atoms with Crippen LogP contribution in [-0.2, 0) is 6.61 Å². The summed E-state index contributed by atoms with van der Waals surface area (Å²) in [6.45, 7) is 1.96. The summed E-state index contributed by atoms with van der Waals surface area (Å²) in [7, 11) is 0. The Hall–Kier alpha value is -2.76. The number of ether oxygens (including phenoxy) is 1. The van der Waals surface area contributed by atoms with Gasteiger partial charge in [0, 0.05) is 0 Å². The highest BCUT2D eigenvalue weighted by Gasteiger charge is 2.11. The van der Waals surface area contributed by atoms with Crippen molar-refractivity contribution in [3.05, 3.63) is 71.8 Å². The summed E-state index contributed by atoms with van der Waals surface area (Å²) < 4.78 is 33.4. The summed E-state index contributed by atoms with van der Waals surface area (Å²) in [5.41, 5.74) is 2.46. The Labute approximate surface area is 126 Å². The van der Waals surface area contributed by atoms with Gasteiger partial charge in [-0.05, 0) is 37.3 Å². The molecule has 0 saturated heterocycles. The molecule has 0 spiro atoms. The molecule has 0 saturated carbocycles. The highest BCUT2D eigenvalue weighted by atomic mass is 19.1. The second-order valence-corrected chi connectivity index (χ2v) is 4.74. The zero-order chi connectivity index (χ0) is 15.5. The molecule has 0 amide bonds. The van der Waals surface area contributed by atoms with E-state index >= 15 is 0 Å². The topological polar surface area (TPSA) is 39.9 Å². The van der Waals surface area contributed by atoms with Crippen molar-refractivity contribution in [3.63, 3.8) is 0 Å². The van der Waals surface area contributed by atoms with Crippen LogP contribution in [0.4, 0.5) is 8.78 Å². The number of pyridine rings is 1. The van der Waals surface area contributed by atoms with Crippen molar-refractivity contribution in [1.82, 2.24) is 14.8 Å². The highest BCUT2D eigenvalue weighted by Crippen LogP contribution is 2.18. The van der Waals surface area contributed by atoms with E-state index in [0.29, 0.717) is 0 Å². The lowest BCUT2D eigenvalue weighted by Gasteiger charge is -2.09. The van der Waals surface area contributed by atoms with Crippen LogP contribution in [0.3, 0.4) is 0 Å². The fraction of sp³-hybridized carbons (Fsp3) is 0.125. The molecule has 22 heavy (non-hydrogen) atoms. The van der Waals surface area contributed by atoms with E-state index in [2.05, 4.69) is 10.1 Å². The quantitative estimate of drug-likeness (QED) is 0.693. The van der Waals surface area contributed by atoms with Gasteiger partial charge >= 0.3 is 0 Å². The van der Waals surface area contributed by atoms with Crippen molar-refractivity contribution < 1.29 is 13.5 Å². The van der Waals surface area contributed by atoms with Crippen LogP contribution < -0.4 is 4.74 Å². The third kappa shape index (κ3) is 2.95. The fourth-order valence-corrected chi connectivity index (χ4v) is 2.11. The van der Waals surface area contributed by atoms with Gasteiger partial charge in [0.2, 0.25) is 5.95 Å². The van der Waals surface area contributed by atoms with Crippen LogP contribution >= 0.6 is 0 Å². The van der Waals surface area contributed by atoms with E-state index in [9.17, 15) is 8.78 Å². The third-order valence-corrected chi connectivity index (χ3v) is 3.06. The molecule has 0 bridgehead atoms. The first-order valence-corrected chi connectivity index (χ1v) is 6.69. The van der Waals surface area contributed by atoms with E-state index < -0.39 is 11.9 Å². The lowest BCUT2D eigenvalue weighted by Crippen LogP contribution is -2.06. The number of aryl methyl sites for hydroxylation is 1. The minimum atomic E-state index is -0.970. The Morgan fingerprint density at radius 1 is 1.09 bits per heavy atom. The molecule has 0 fully saturated rings. The number of benzene rings is 1. The van der Waals surface area contributed by atoms with Gasteiger partial charge in [0.15, 0.2) is 5.75 Å². The van der Waals surface area contributed by atoms with Gasteiger partial charge in [-0.2, -0.15) is 18.9 Å². The molecule has 0 radical (unpaired) electrons. The standard InChI is InChI=1S/C16H13F2N3O/c1-11-9-13(21(20-11)12-5-3-2-4-6-12)10-22-14-7-8-15(17)19-16(14)18/h2-9H,10H2,1H3. The predicted molar refractivity (Wildman–Crippen MR) is 76.8 cm³/mol. The van der Waals surface area contributed by atoms with Crippen molar-refractivity contribution in [1.29, 1.82) is 0 Å². The first-order chi connectivity index (χ1) is 10.6. The Kier molecular flexibility index (Phi) is 3.82. The molecule has 2 aromatic heterocycles. The van der Waals surface area contributed by atoms with Crippen molar-refractivity contribution >= 4 is 0 Å². The fourth-order valence-electron chi connectivity index (χ4n) is 2.11. The molecule has 0 aliphatic carbocycles. The zero-order valence-electron chi connectivity index (χ0n) is 11.8. The molecule has 4 nitrogen and oxygen atoms in total. The van der Waals surface area contributed by atoms with Gasteiger partial charge in [-0.1, -0.05) is 18.2 Å². The first-order valence-electron chi connectivity index (χ1n) is 6.69. The monoisotopic (exact) mass is 301 g/mol. The van der Waals surface area contributed by atoms with Gasteiger partial charge in [0.1, 0.15) is 6.61 Å². The highest BCUT2D eigenvalue weighted by molar-refractivity contribution is 5.33. The molecule has 3 rings (SSSR count). The molecular formula is C16H13F2N3O. The van der Waals surface area contributed by atoms with Gasteiger partial charge in [0.05, 0.1) is 17.1 Å². The summed E-state index contributed by atoms with van der Waals surface area (Å²) in [5, 5.41) is 4.40. The number of hydrogen-bond acceptors (Lipinski definition) is 3. The molecule has 0 aliphatic rings. The van der Waals surface area contributed by atoms with Crippen LogP contribution in [0.1, 0.15) is 11.4 Å². The van der Waals surface area contributed by atoms with E-state index in [-0.39, 0.29) is 12.4 Å². The van der Waals surface area contributed by atoms with Gasteiger partial charge in [-0.15, -0.1) is 0 Å².